The van der Waals surface area contributed by atoms with Crippen LogP contribution in [0.4, 0.5) is 5.69 Å². The average molecular weight is 583 g/mol. The molecule has 0 spiro atoms. The molecule has 1 aliphatic heterocycles. The van der Waals surface area contributed by atoms with Gasteiger partial charge in [-0.15, -0.1) is 0 Å². The summed E-state index contributed by atoms with van der Waals surface area (Å²) >= 11 is 0. The number of phenols is 1. The van der Waals surface area contributed by atoms with Crippen LogP contribution in [-0.2, 0) is 28.6 Å². The number of amides is 2. The molecule has 0 unspecified atom stereocenters. The Balaban J connectivity index is 1.91. The number of benzene rings is 2. The van der Waals surface area contributed by atoms with E-state index in [2.05, 4.69) is 17.6 Å². The Morgan fingerprint density at radius 2 is 1.71 bits per heavy atom. The highest BCUT2D eigenvalue weighted by molar-refractivity contribution is 6.01. The number of aromatic hydroxyl groups is 1. The lowest BCUT2D eigenvalue weighted by molar-refractivity contribution is -0.161. The van der Waals surface area contributed by atoms with Gasteiger partial charge >= 0.3 is 17.9 Å². The number of phenolic OH excluding ortho intramolecular Hbond substituents is 1. The largest absolute Gasteiger partial charge is 0.505 e. The van der Waals surface area contributed by atoms with Crippen molar-refractivity contribution in [3.63, 3.8) is 0 Å². The van der Waals surface area contributed by atoms with Crippen LogP contribution in [0, 0.1) is 11.8 Å². The summed E-state index contributed by atoms with van der Waals surface area (Å²) < 4.78 is 17.2. The zero-order chi connectivity index (χ0) is 30.8. The maximum Gasteiger partial charge on any atom is 0.338 e. The van der Waals surface area contributed by atoms with Crippen LogP contribution in [0.2, 0.25) is 0 Å². The molecular formula is C31H38N2O9. The Morgan fingerprint density at radius 3 is 2.38 bits per heavy atom. The lowest BCUT2D eigenvalue weighted by Crippen LogP contribution is -2.50. The van der Waals surface area contributed by atoms with Crippen molar-refractivity contribution in [1.29, 1.82) is 0 Å². The quantitative estimate of drug-likeness (QED) is 0.154. The molecule has 11 nitrogen and oxygen atoms in total. The number of esters is 3. The lowest BCUT2D eigenvalue weighted by Gasteiger charge is -2.30. The number of hydrogen-bond donors (Lipinski definition) is 3. The molecule has 6 atom stereocenters. The van der Waals surface area contributed by atoms with Crippen LogP contribution >= 0.6 is 0 Å². The topological polar surface area (TPSA) is 157 Å². The van der Waals surface area contributed by atoms with Crippen LogP contribution < -0.4 is 10.6 Å². The second-order valence-corrected chi connectivity index (χ2v) is 10.5. The van der Waals surface area contributed by atoms with E-state index in [0.29, 0.717) is 12.8 Å². The molecule has 2 amide bonds. The number of nitrogens with one attached hydrogen (secondary N) is 2. The second kappa shape index (κ2) is 15.0. The van der Waals surface area contributed by atoms with Crippen molar-refractivity contribution >= 4 is 35.9 Å². The summed E-state index contributed by atoms with van der Waals surface area (Å²) in [7, 11) is 0. The number of hydrogen-bond acceptors (Lipinski definition) is 9. The van der Waals surface area contributed by atoms with E-state index < -0.39 is 59.8 Å². The molecule has 0 aromatic heterocycles. The SMILES string of the molecule is CCCC[C@H](C)C[C@H]1C(=O)O[C@H](C)[C@H](NC(=O)c2cccc(NC=O)c2O)C(=O)O[C@@H](C)[C@@H]1OC(=O)c1ccccc1. The van der Waals surface area contributed by atoms with Crippen molar-refractivity contribution < 1.29 is 43.3 Å². The Hall–Kier alpha value is -4.41. The summed E-state index contributed by atoms with van der Waals surface area (Å²) in [5.74, 6) is -4.54. The molecule has 0 radical (unpaired) electrons. The summed E-state index contributed by atoms with van der Waals surface area (Å²) in [5.41, 5.74) is 0.0379. The van der Waals surface area contributed by atoms with Crippen molar-refractivity contribution in [2.45, 2.75) is 77.7 Å². The van der Waals surface area contributed by atoms with Crippen LogP contribution in [0.25, 0.3) is 0 Å². The van der Waals surface area contributed by atoms with Gasteiger partial charge in [-0.2, -0.15) is 0 Å². The van der Waals surface area contributed by atoms with E-state index in [1.807, 2.05) is 6.92 Å². The minimum Gasteiger partial charge on any atom is -0.505 e. The molecule has 1 heterocycles. The lowest BCUT2D eigenvalue weighted by atomic mass is 9.86. The van der Waals surface area contributed by atoms with Gasteiger partial charge in [0, 0.05) is 0 Å². The normalized spacial score (nSPS) is 23.2. The molecule has 3 rings (SSSR count). The van der Waals surface area contributed by atoms with Crippen molar-refractivity contribution in [2.75, 3.05) is 5.32 Å². The van der Waals surface area contributed by atoms with Crippen molar-refractivity contribution in [1.82, 2.24) is 5.32 Å². The highest BCUT2D eigenvalue weighted by atomic mass is 16.6. The first-order valence-corrected chi connectivity index (χ1v) is 14.1. The zero-order valence-corrected chi connectivity index (χ0v) is 24.2. The molecule has 3 N–H and O–H groups in total. The number of carbonyl (C=O) groups excluding carboxylic acids is 5. The Labute approximate surface area is 244 Å². The average Bonchev–Trinajstić information content (AvgIpc) is 2.99. The fraction of sp³-hybridized carbons (Fsp3) is 0.452. The summed E-state index contributed by atoms with van der Waals surface area (Å²) in [5, 5.41) is 15.2. The van der Waals surface area contributed by atoms with Gasteiger partial charge in [0.2, 0.25) is 6.41 Å². The van der Waals surface area contributed by atoms with Crippen molar-refractivity contribution in [3.8, 4) is 5.75 Å². The smallest absolute Gasteiger partial charge is 0.338 e. The molecule has 1 fully saturated rings. The first-order valence-electron chi connectivity index (χ1n) is 14.1. The van der Waals surface area contributed by atoms with E-state index in [4.69, 9.17) is 14.2 Å². The van der Waals surface area contributed by atoms with Crippen LogP contribution in [0.3, 0.4) is 0 Å². The van der Waals surface area contributed by atoms with Gasteiger partial charge in [0.15, 0.2) is 17.9 Å². The van der Waals surface area contributed by atoms with Crippen molar-refractivity contribution in [2.24, 2.45) is 11.8 Å². The van der Waals surface area contributed by atoms with Gasteiger partial charge in [-0.05, 0) is 50.5 Å². The van der Waals surface area contributed by atoms with Gasteiger partial charge in [-0.1, -0.05) is 57.4 Å². The van der Waals surface area contributed by atoms with Crippen LogP contribution in [-0.4, -0.2) is 59.7 Å². The number of rotatable bonds is 11. The third-order valence-electron chi connectivity index (χ3n) is 7.23. The molecule has 0 saturated carbocycles. The zero-order valence-electron chi connectivity index (χ0n) is 24.2. The fourth-order valence-electron chi connectivity index (χ4n) is 4.90. The van der Waals surface area contributed by atoms with E-state index in [-0.39, 0.29) is 22.7 Å². The van der Waals surface area contributed by atoms with Gasteiger partial charge in [-0.3, -0.25) is 14.4 Å². The highest BCUT2D eigenvalue weighted by Crippen LogP contribution is 2.30. The number of cyclic esters (lactones) is 2. The molecule has 11 heteroatoms. The highest BCUT2D eigenvalue weighted by Gasteiger charge is 2.44. The van der Waals surface area contributed by atoms with E-state index >= 15 is 0 Å². The van der Waals surface area contributed by atoms with Gasteiger partial charge in [0.25, 0.3) is 5.91 Å². The third-order valence-corrected chi connectivity index (χ3v) is 7.23. The molecule has 2 aromatic rings. The molecule has 1 saturated heterocycles. The predicted octanol–water partition coefficient (Wildman–Crippen LogP) is 3.99. The van der Waals surface area contributed by atoms with Gasteiger partial charge < -0.3 is 30.0 Å². The number of ether oxygens (including phenoxy) is 3. The minimum atomic E-state index is -1.45. The monoisotopic (exact) mass is 582 g/mol. The second-order valence-electron chi connectivity index (χ2n) is 10.5. The molecule has 226 valence electrons. The van der Waals surface area contributed by atoms with E-state index in [1.54, 1.807) is 30.3 Å². The van der Waals surface area contributed by atoms with Gasteiger partial charge in [0.1, 0.15) is 12.2 Å². The standard InChI is InChI=1S/C31H38N2O9/c1-5-6-11-18(2)16-23-27(42-29(37)21-12-8-7-9-13-21)20(4)41-31(39)25(19(3)40-30(23)38)33-28(36)22-14-10-15-24(26(22)35)32-17-34/h7-10,12-15,17-20,23,25,27,35H,5-6,11,16H2,1-4H3,(H,32,34)(H,33,36)/t18-,19+,20-,23+,25-,27-/m0/s1. The fourth-order valence-corrected chi connectivity index (χ4v) is 4.90. The minimum absolute atomic E-state index is 0.00843. The van der Waals surface area contributed by atoms with Gasteiger partial charge in [0.05, 0.1) is 22.7 Å². The molecule has 42 heavy (non-hydrogen) atoms. The molecule has 0 bridgehead atoms. The van der Waals surface area contributed by atoms with E-state index in [0.717, 1.165) is 19.3 Å². The Morgan fingerprint density at radius 1 is 1.02 bits per heavy atom. The summed E-state index contributed by atoms with van der Waals surface area (Å²) in [6, 6.07) is 10.9. The first kappa shape index (κ1) is 32.1. The van der Waals surface area contributed by atoms with Gasteiger partial charge in [-0.25, -0.2) is 9.59 Å². The maximum atomic E-state index is 13.6. The molecule has 1 aliphatic rings. The number of carbonyl (C=O) groups is 5. The van der Waals surface area contributed by atoms with Crippen LogP contribution in [0.5, 0.6) is 5.75 Å². The van der Waals surface area contributed by atoms with E-state index in [1.165, 1.54) is 32.0 Å². The maximum absolute atomic E-state index is 13.6. The van der Waals surface area contributed by atoms with E-state index in [9.17, 15) is 29.1 Å². The summed E-state index contributed by atoms with van der Waals surface area (Å²) in [6.45, 7) is 7.02. The number of anilines is 1. The molecule has 2 aromatic carbocycles. The number of para-hydroxylation sites is 1. The third kappa shape index (κ3) is 8.08. The molecule has 0 aliphatic carbocycles. The number of unbranched alkanes of at least 4 members (excludes halogenated alkanes) is 1. The summed E-state index contributed by atoms with van der Waals surface area (Å²) in [4.78, 5) is 63.9. The van der Waals surface area contributed by atoms with Crippen LogP contribution in [0.1, 0.15) is 74.1 Å². The van der Waals surface area contributed by atoms with Crippen molar-refractivity contribution in [3.05, 3.63) is 59.7 Å². The Kier molecular flexibility index (Phi) is 11.5. The Bertz CT molecular complexity index is 1270. The summed E-state index contributed by atoms with van der Waals surface area (Å²) in [6.07, 6.45) is 0.0252. The molecular weight excluding hydrogens is 544 g/mol. The first-order chi connectivity index (χ1) is 20.1. The van der Waals surface area contributed by atoms with Crippen LogP contribution in [0.15, 0.2) is 48.5 Å². The predicted molar refractivity (Wildman–Crippen MR) is 153 cm³/mol.